The van der Waals surface area contributed by atoms with Crippen LogP contribution in [0.25, 0.3) is 0 Å². The molecule has 1 N–H and O–H groups in total. The van der Waals surface area contributed by atoms with Crippen molar-refractivity contribution >= 4 is 31.9 Å². The topological polar surface area (TPSA) is 12.0 Å². The van der Waals surface area contributed by atoms with E-state index in [-0.39, 0.29) is 6.04 Å². The molecule has 2 aromatic carbocycles. The lowest BCUT2D eigenvalue weighted by Gasteiger charge is -2.23. The Morgan fingerprint density at radius 1 is 1.05 bits per heavy atom. The molecule has 0 radical (unpaired) electrons. The van der Waals surface area contributed by atoms with Gasteiger partial charge < -0.3 is 5.32 Å². The maximum Gasteiger partial charge on any atom is 0.0590 e. The number of rotatable bonds is 5. The van der Waals surface area contributed by atoms with Crippen LogP contribution in [0.5, 0.6) is 0 Å². The van der Waals surface area contributed by atoms with E-state index in [1.165, 1.54) is 22.3 Å². The van der Waals surface area contributed by atoms with Crippen molar-refractivity contribution in [2.24, 2.45) is 0 Å². The highest BCUT2D eigenvalue weighted by Gasteiger charge is 2.18. The predicted molar refractivity (Wildman–Crippen MR) is 97.9 cm³/mol. The molecule has 2 rings (SSSR count). The highest BCUT2D eigenvalue weighted by Crippen LogP contribution is 2.33. The van der Waals surface area contributed by atoms with Crippen LogP contribution < -0.4 is 5.32 Å². The SMILES string of the molecule is CCCNC(c1cc(Br)ccc1Br)c1cccc(C)c1C. The summed E-state index contributed by atoms with van der Waals surface area (Å²) in [5.74, 6) is 0. The minimum atomic E-state index is 0.205. The molecule has 2 aromatic rings. The average Bonchev–Trinajstić information content (AvgIpc) is 2.47. The van der Waals surface area contributed by atoms with Crippen LogP contribution >= 0.6 is 31.9 Å². The van der Waals surface area contributed by atoms with Gasteiger partial charge in [0.1, 0.15) is 0 Å². The lowest BCUT2D eigenvalue weighted by Crippen LogP contribution is -2.24. The molecule has 0 spiro atoms. The largest absolute Gasteiger partial charge is 0.306 e. The third-order valence-electron chi connectivity index (χ3n) is 3.83. The Kier molecular flexibility index (Phi) is 6.03. The number of nitrogens with one attached hydrogen (secondary N) is 1. The third kappa shape index (κ3) is 3.97. The number of aryl methyl sites for hydroxylation is 1. The monoisotopic (exact) mass is 409 g/mol. The molecule has 1 nitrogen and oxygen atoms in total. The average molecular weight is 411 g/mol. The van der Waals surface area contributed by atoms with E-state index in [0.717, 1.165) is 21.9 Å². The van der Waals surface area contributed by atoms with Gasteiger partial charge in [-0.15, -0.1) is 0 Å². The van der Waals surface area contributed by atoms with Gasteiger partial charge in [-0.05, 0) is 67.3 Å². The zero-order valence-electron chi connectivity index (χ0n) is 12.7. The van der Waals surface area contributed by atoms with Crippen molar-refractivity contribution in [1.29, 1.82) is 0 Å². The molecule has 0 saturated heterocycles. The number of hydrogen-bond donors (Lipinski definition) is 1. The molecule has 3 heteroatoms. The minimum absolute atomic E-state index is 0.205. The maximum atomic E-state index is 3.70. The predicted octanol–water partition coefficient (Wildman–Crippen LogP) is 5.92. The smallest absolute Gasteiger partial charge is 0.0590 e. The van der Waals surface area contributed by atoms with Crippen molar-refractivity contribution in [1.82, 2.24) is 5.32 Å². The zero-order chi connectivity index (χ0) is 15.4. The van der Waals surface area contributed by atoms with E-state index < -0.39 is 0 Å². The second-order valence-corrected chi connectivity index (χ2v) is 7.11. The van der Waals surface area contributed by atoms with E-state index in [0.29, 0.717) is 0 Å². The first kappa shape index (κ1) is 16.7. The van der Waals surface area contributed by atoms with Gasteiger partial charge in [0.05, 0.1) is 6.04 Å². The molecular weight excluding hydrogens is 390 g/mol. The lowest BCUT2D eigenvalue weighted by molar-refractivity contribution is 0.594. The molecular formula is C18H21Br2N. The maximum absolute atomic E-state index is 3.70. The second kappa shape index (κ2) is 7.57. The van der Waals surface area contributed by atoms with Gasteiger partial charge in [-0.25, -0.2) is 0 Å². The first-order valence-electron chi connectivity index (χ1n) is 7.29. The zero-order valence-corrected chi connectivity index (χ0v) is 15.9. The van der Waals surface area contributed by atoms with Crippen molar-refractivity contribution in [2.75, 3.05) is 6.54 Å². The van der Waals surface area contributed by atoms with Crippen LogP contribution in [0.3, 0.4) is 0 Å². The van der Waals surface area contributed by atoms with Gasteiger partial charge in [0.15, 0.2) is 0 Å². The Hall–Kier alpha value is -0.640. The fraction of sp³-hybridized carbons (Fsp3) is 0.333. The van der Waals surface area contributed by atoms with Gasteiger partial charge in [-0.2, -0.15) is 0 Å². The highest BCUT2D eigenvalue weighted by molar-refractivity contribution is 9.11. The normalized spacial score (nSPS) is 12.4. The van der Waals surface area contributed by atoms with E-state index in [2.05, 4.69) is 94.3 Å². The summed E-state index contributed by atoms with van der Waals surface area (Å²) in [5.41, 5.74) is 5.31. The van der Waals surface area contributed by atoms with E-state index >= 15 is 0 Å². The van der Waals surface area contributed by atoms with Crippen molar-refractivity contribution in [2.45, 2.75) is 33.2 Å². The summed E-state index contributed by atoms with van der Waals surface area (Å²) in [6.45, 7) is 7.57. The van der Waals surface area contributed by atoms with Crippen LogP contribution in [0.1, 0.15) is 41.6 Å². The second-order valence-electron chi connectivity index (χ2n) is 5.34. The standard InChI is InChI=1S/C18H21Br2N/c1-4-10-21-18(15-7-5-6-12(2)13(15)3)16-11-14(19)8-9-17(16)20/h5-9,11,18,21H,4,10H2,1-3H3. The van der Waals surface area contributed by atoms with Crippen molar-refractivity contribution < 1.29 is 0 Å². The summed E-state index contributed by atoms with van der Waals surface area (Å²) >= 11 is 7.29. The fourth-order valence-corrected chi connectivity index (χ4v) is 3.35. The van der Waals surface area contributed by atoms with Crippen molar-refractivity contribution in [3.63, 3.8) is 0 Å². The van der Waals surface area contributed by atoms with Crippen LogP contribution in [0.4, 0.5) is 0 Å². The molecule has 0 bridgehead atoms. The molecule has 0 aliphatic heterocycles. The first-order valence-corrected chi connectivity index (χ1v) is 8.87. The van der Waals surface area contributed by atoms with Gasteiger partial charge in [0.25, 0.3) is 0 Å². The fourth-order valence-electron chi connectivity index (χ4n) is 2.50. The highest BCUT2D eigenvalue weighted by atomic mass is 79.9. The Morgan fingerprint density at radius 3 is 2.52 bits per heavy atom. The van der Waals surface area contributed by atoms with Gasteiger partial charge in [-0.1, -0.05) is 57.0 Å². The molecule has 0 aromatic heterocycles. The quantitative estimate of drug-likeness (QED) is 0.645. The molecule has 0 aliphatic carbocycles. The molecule has 0 amide bonds. The van der Waals surface area contributed by atoms with Crippen LogP contribution in [0, 0.1) is 13.8 Å². The minimum Gasteiger partial charge on any atom is -0.306 e. The number of hydrogen-bond acceptors (Lipinski definition) is 1. The van der Waals surface area contributed by atoms with Gasteiger partial charge in [-0.3, -0.25) is 0 Å². The Labute approximate surface area is 144 Å². The third-order valence-corrected chi connectivity index (χ3v) is 5.04. The molecule has 0 aliphatic rings. The number of benzene rings is 2. The molecule has 112 valence electrons. The van der Waals surface area contributed by atoms with Crippen molar-refractivity contribution in [3.05, 3.63) is 67.6 Å². The van der Waals surface area contributed by atoms with E-state index in [9.17, 15) is 0 Å². The van der Waals surface area contributed by atoms with Crippen LogP contribution in [-0.2, 0) is 0 Å². The Balaban J connectivity index is 2.52. The first-order chi connectivity index (χ1) is 10.0. The summed E-state index contributed by atoms with van der Waals surface area (Å²) in [6.07, 6.45) is 1.12. The molecule has 1 unspecified atom stereocenters. The summed E-state index contributed by atoms with van der Waals surface area (Å²) < 4.78 is 2.24. The summed E-state index contributed by atoms with van der Waals surface area (Å²) in [4.78, 5) is 0. The van der Waals surface area contributed by atoms with Gasteiger partial charge >= 0.3 is 0 Å². The van der Waals surface area contributed by atoms with Crippen molar-refractivity contribution in [3.8, 4) is 0 Å². The molecule has 0 fully saturated rings. The molecule has 0 heterocycles. The summed E-state index contributed by atoms with van der Waals surface area (Å²) in [6, 6.07) is 13.1. The Morgan fingerprint density at radius 2 is 1.81 bits per heavy atom. The molecule has 21 heavy (non-hydrogen) atoms. The summed E-state index contributed by atoms with van der Waals surface area (Å²) in [5, 5.41) is 3.69. The lowest BCUT2D eigenvalue weighted by atomic mass is 9.92. The van der Waals surface area contributed by atoms with Crippen LogP contribution in [0.15, 0.2) is 45.3 Å². The van der Waals surface area contributed by atoms with E-state index in [1.807, 2.05) is 0 Å². The molecule has 0 saturated carbocycles. The van der Waals surface area contributed by atoms with Gasteiger partial charge in [0, 0.05) is 8.95 Å². The number of halogens is 2. The van der Waals surface area contributed by atoms with E-state index in [1.54, 1.807) is 0 Å². The van der Waals surface area contributed by atoms with Crippen LogP contribution in [0.2, 0.25) is 0 Å². The Bertz CT molecular complexity index is 621. The molecule has 1 atom stereocenters. The van der Waals surface area contributed by atoms with Crippen LogP contribution in [-0.4, -0.2) is 6.54 Å². The summed E-state index contributed by atoms with van der Waals surface area (Å²) in [7, 11) is 0. The van der Waals surface area contributed by atoms with Gasteiger partial charge in [0.2, 0.25) is 0 Å². The van der Waals surface area contributed by atoms with E-state index in [4.69, 9.17) is 0 Å².